The molecule has 14 heavy (non-hydrogen) atoms. The van der Waals surface area contributed by atoms with Crippen molar-refractivity contribution in [2.45, 2.75) is 0 Å². The van der Waals surface area contributed by atoms with Crippen molar-refractivity contribution in [2.75, 3.05) is 0 Å². The number of hydrogen-bond donors (Lipinski definition) is 2. The van der Waals surface area contributed by atoms with Gasteiger partial charge < -0.3 is 10.6 Å². The van der Waals surface area contributed by atoms with E-state index in [0.717, 1.165) is 11.4 Å². The molecule has 0 aliphatic carbocycles. The Kier molecular flexibility index (Phi) is 4.08. The molecule has 0 radical (unpaired) electrons. The molecule has 0 saturated carbocycles. The van der Waals surface area contributed by atoms with Gasteiger partial charge in [-0.05, 0) is 24.3 Å². The minimum absolute atomic E-state index is 1.10. The molecule has 0 aromatic carbocycles. The minimum atomic E-state index is 1.10. The summed E-state index contributed by atoms with van der Waals surface area (Å²) in [7, 11) is 0. The normalized spacial score (nSPS) is 22.0. The zero-order chi connectivity index (χ0) is 10.2. The largest absolute Gasteiger partial charge is 0.360 e. The first-order valence-electron chi connectivity index (χ1n) is 4.40. The maximum Gasteiger partial charge on any atom is 0.0618 e. The summed E-state index contributed by atoms with van der Waals surface area (Å²) in [5.74, 6) is 0. The van der Waals surface area contributed by atoms with Gasteiger partial charge in [-0.1, -0.05) is 12.2 Å². The van der Waals surface area contributed by atoms with Crippen LogP contribution in [0.2, 0.25) is 0 Å². The second kappa shape index (κ2) is 5.65. The van der Waals surface area contributed by atoms with E-state index in [0.29, 0.717) is 0 Å². The fourth-order valence-corrected chi connectivity index (χ4v) is 1.12. The molecule has 0 saturated heterocycles. The Bertz CT molecular complexity index is 298. The molecular weight excluding hydrogens is 172 g/mol. The van der Waals surface area contributed by atoms with Gasteiger partial charge in [0.25, 0.3) is 0 Å². The van der Waals surface area contributed by atoms with E-state index in [2.05, 4.69) is 23.8 Å². The minimum Gasteiger partial charge on any atom is -0.360 e. The lowest BCUT2D eigenvalue weighted by Gasteiger charge is -2.12. The second-order valence-electron chi connectivity index (χ2n) is 2.55. The van der Waals surface area contributed by atoms with Gasteiger partial charge in [0.1, 0.15) is 0 Å². The highest BCUT2D eigenvalue weighted by Gasteiger charge is 2.00. The Morgan fingerprint density at radius 2 is 1.14 bits per heavy atom. The molecule has 0 amide bonds. The molecule has 2 aliphatic rings. The number of hydrogen-bond acceptors (Lipinski definition) is 2. The average Bonchev–Trinajstić information content (AvgIpc) is 2.34. The smallest absolute Gasteiger partial charge is 0.0618 e. The van der Waals surface area contributed by atoms with E-state index in [1.54, 1.807) is 0 Å². The van der Waals surface area contributed by atoms with Crippen molar-refractivity contribution in [1.82, 2.24) is 10.6 Å². The van der Waals surface area contributed by atoms with Gasteiger partial charge in [-0.2, -0.15) is 0 Å². The zero-order valence-corrected chi connectivity index (χ0v) is 8.03. The van der Waals surface area contributed by atoms with E-state index in [1.165, 1.54) is 0 Å². The predicted molar refractivity (Wildman–Crippen MR) is 61.1 cm³/mol. The molecular formula is C12H14N2. The Labute approximate surface area is 84.7 Å². The van der Waals surface area contributed by atoms with Gasteiger partial charge in [-0.25, -0.2) is 0 Å². The van der Waals surface area contributed by atoms with E-state index in [9.17, 15) is 0 Å². The molecule has 0 unspecified atom stereocenters. The zero-order valence-electron chi connectivity index (χ0n) is 8.03. The lowest BCUT2D eigenvalue weighted by atomic mass is 10.2. The highest BCUT2D eigenvalue weighted by molar-refractivity contribution is 5.39. The first-order chi connectivity index (χ1) is 6.97. The summed E-state index contributed by atoms with van der Waals surface area (Å²) in [6, 6.07) is 0. The van der Waals surface area contributed by atoms with Crippen molar-refractivity contribution in [2.24, 2.45) is 0 Å². The van der Waals surface area contributed by atoms with Crippen LogP contribution in [0.15, 0.2) is 73.4 Å². The SMILES string of the molecule is C1=CNC(=C2C=CC=CN2)C=C1.C=C. The van der Waals surface area contributed by atoms with Crippen molar-refractivity contribution in [3.8, 4) is 0 Å². The van der Waals surface area contributed by atoms with Crippen molar-refractivity contribution in [3.63, 3.8) is 0 Å². The number of nitrogens with one attached hydrogen (secondary N) is 2. The van der Waals surface area contributed by atoms with Crippen LogP contribution in [0.1, 0.15) is 0 Å². The van der Waals surface area contributed by atoms with Crippen molar-refractivity contribution < 1.29 is 0 Å². The van der Waals surface area contributed by atoms with Gasteiger partial charge >= 0.3 is 0 Å². The fraction of sp³-hybridized carbons (Fsp3) is 0. The Morgan fingerprint density at radius 1 is 0.714 bits per heavy atom. The lowest BCUT2D eigenvalue weighted by Crippen LogP contribution is -2.15. The van der Waals surface area contributed by atoms with Crippen LogP contribution in [0.25, 0.3) is 0 Å². The van der Waals surface area contributed by atoms with Gasteiger partial charge in [-0.3, -0.25) is 0 Å². The van der Waals surface area contributed by atoms with E-state index >= 15 is 0 Å². The molecule has 0 aromatic rings. The molecule has 0 aromatic heterocycles. The van der Waals surface area contributed by atoms with Crippen LogP contribution < -0.4 is 10.6 Å². The second-order valence-corrected chi connectivity index (χ2v) is 2.55. The molecule has 72 valence electrons. The lowest BCUT2D eigenvalue weighted by molar-refractivity contribution is 0.988. The van der Waals surface area contributed by atoms with Gasteiger partial charge in [0, 0.05) is 12.4 Å². The molecule has 0 atom stereocenters. The molecule has 2 heteroatoms. The molecule has 0 fully saturated rings. The quantitative estimate of drug-likeness (QED) is 0.567. The molecule has 0 spiro atoms. The van der Waals surface area contributed by atoms with Gasteiger partial charge in [0.15, 0.2) is 0 Å². The average molecular weight is 186 g/mol. The van der Waals surface area contributed by atoms with Crippen LogP contribution in [-0.2, 0) is 0 Å². The molecule has 2 N–H and O–H groups in total. The summed E-state index contributed by atoms with van der Waals surface area (Å²) in [6.45, 7) is 6.00. The molecule has 2 heterocycles. The van der Waals surface area contributed by atoms with Crippen LogP contribution in [0.4, 0.5) is 0 Å². The summed E-state index contributed by atoms with van der Waals surface area (Å²) in [5, 5.41) is 6.31. The van der Waals surface area contributed by atoms with Crippen LogP contribution in [0.5, 0.6) is 0 Å². The van der Waals surface area contributed by atoms with Crippen molar-refractivity contribution in [1.29, 1.82) is 0 Å². The highest BCUT2D eigenvalue weighted by Crippen LogP contribution is 2.07. The number of allylic oxidation sites excluding steroid dienone is 6. The van der Waals surface area contributed by atoms with E-state index in [4.69, 9.17) is 0 Å². The number of rotatable bonds is 0. The highest BCUT2D eigenvalue weighted by atomic mass is 14.9. The molecule has 2 nitrogen and oxygen atoms in total. The molecule has 2 aliphatic heterocycles. The molecule has 2 rings (SSSR count). The van der Waals surface area contributed by atoms with Crippen LogP contribution in [0, 0.1) is 0 Å². The number of dihydropyridines is 2. The Hall–Kier alpha value is -1.96. The first-order valence-corrected chi connectivity index (χ1v) is 4.40. The Morgan fingerprint density at radius 3 is 1.43 bits per heavy atom. The topological polar surface area (TPSA) is 24.1 Å². The maximum atomic E-state index is 3.15. The van der Waals surface area contributed by atoms with Crippen molar-refractivity contribution in [3.05, 3.63) is 73.4 Å². The van der Waals surface area contributed by atoms with Crippen LogP contribution >= 0.6 is 0 Å². The first kappa shape index (κ1) is 10.1. The van der Waals surface area contributed by atoms with Gasteiger partial charge in [0.05, 0.1) is 11.4 Å². The third kappa shape index (κ3) is 2.52. The summed E-state index contributed by atoms with van der Waals surface area (Å²) in [5.41, 5.74) is 2.19. The summed E-state index contributed by atoms with van der Waals surface area (Å²) < 4.78 is 0. The predicted octanol–water partition coefficient (Wildman–Crippen LogP) is 2.35. The van der Waals surface area contributed by atoms with E-state index in [-0.39, 0.29) is 0 Å². The maximum absolute atomic E-state index is 3.15. The third-order valence-electron chi connectivity index (χ3n) is 1.71. The Balaban J connectivity index is 0.000000461. The van der Waals surface area contributed by atoms with Crippen molar-refractivity contribution >= 4 is 0 Å². The van der Waals surface area contributed by atoms with Crippen LogP contribution in [-0.4, -0.2) is 0 Å². The van der Waals surface area contributed by atoms with E-state index in [1.807, 2.05) is 48.9 Å². The molecule has 0 bridgehead atoms. The van der Waals surface area contributed by atoms with Gasteiger partial charge in [-0.15, -0.1) is 13.2 Å². The fourth-order valence-electron chi connectivity index (χ4n) is 1.12. The van der Waals surface area contributed by atoms with Crippen LogP contribution in [0.3, 0.4) is 0 Å². The standard InChI is InChI=1S/C10H10N2.C2H4/c1-3-7-11-9(5-1)10-6-2-4-8-12-10;1-2/h1-8,11-12H;1-2H2. The summed E-state index contributed by atoms with van der Waals surface area (Å²) in [4.78, 5) is 0. The van der Waals surface area contributed by atoms with E-state index < -0.39 is 0 Å². The monoisotopic (exact) mass is 186 g/mol. The van der Waals surface area contributed by atoms with Gasteiger partial charge in [0.2, 0.25) is 0 Å². The summed E-state index contributed by atoms with van der Waals surface area (Å²) >= 11 is 0. The third-order valence-corrected chi connectivity index (χ3v) is 1.71. The summed E-state index contributed by atoms with van der Waals surface area (Å²) in [6.07, 6.45) is 15.8.